The zero-order valence-corrected chi connectivity index (χ0v) is 11.9. The van der Waals surface area contributed by atoms with Gasteiger partial charge in [0.15, 0.2) is 0 Å². The highest BCUT2D eigenvalue weighted by Gasteiger charge is 2.32. The summed E-state index contributed by atoms with van der Waals surface area (Å²) in [6, 6.07) is 4.37. The standard InChI is InChI=1S/C15H19F3N2O/c1-14(10-19)6-8-20(9-7-14)13(21)11-2-4-12(5-3-11)15(16,17)18/h2-5H,6-10,19H2,1H3. The van der Waals surface area contributed by atoms with E-state index in [9.17, 15) is 18.0 Å². The third kappa shape index (κ3) is 3.56. The van der Waals surface area contributed by atoms with Gasteiger partial charge in [0.05, 0.1) is 5.56 Å². The lowest BCUT2D eigenvalue weighted by molar-refractivity contribution is -0.137. The molecule has 1 aliphatic heterocycles. The summed E-state index contributed by atoms with van der Waals surface area (Å²) < 4.78 is 37.5. The van der Waals surface area contributed by atoms with Crippen LogP contribution in [-0.4, -0.2) is 30.4 Å². The number of alkyl halides is 3. The van der Waals surface area contributed by atoms with Crippen molar-refractivity contribution in [1.29, 1.82) is 0 Å². The van der Waals surface area contributed by atoms with Crippen LogP contribution in [0.2, 0.25) is 0 Å². The Bertz CT molecular complexity index is 503. The van der Waals surface area contributed by atoms with E-state index in [0.29, 0.717) is 25.2 Å². The van der Waals surface area contributed by atoms with Gasteiger partial charge in [0.1, 0.15) is 0 Å². The van der Waals surface area contributed by atoms with Crippen molar-refractivity contribution < 1.29 is 18.0 Å². The van der Waals surface area contributed by atoms with E-state index in [1.807, 2.05) is 0 Å². The zero-order valence-electron chi connectivity index (χ0n) is 11.9. The normalized spacial score (nSPS) is 18.6. The Hall–Kier alpha value is -1.56. The van der Waals surface area contributed by atoms with Crippen molar-refractivity contribution in [3.8, 4) is 0 Å². The fourth-order valence-electron chi connectivity index (χ4n) is 2.44. The Morgan fingerprint density at radius 1 is 1.24 bits per heavy atom. The van der Waals surface area contributed by atoms with Crippen LogP contribution in [0.3, 0.4) is 0 Å². The first-order valence-electron chi connectivity index (χ1n) is 6.92. The average molecular weight is 300 g/mol. The van der Waals surface area contributed by atoms with Crippen LogP contribution in [0.5, 0.6) is 0 Å². The highest BCUT2D eigenvalue weighted by Crippen LogP contribution is 2.31. The van der Waals surface area contributed by atoms with Gasteiger partial charge in [-0.15, -0.1) is 0 Å². The minimum atomic E-state index is -4.38. The molecule has 0 bridgehead atoms. The SMILES string of the molecule is CC1(CN)CCN(C(=O)c2ccc(C(F)(F)F)cc2)CC1. The quantitative estimate of drug-likeness (QED) is 0.913. The number of likely N-dealkylation sites (tertiary alicyclic amines) is 1. The monoisotopic (exact) mass is 300 g/mol. The molecule has 0 unspecified atom stereocenters. The summed E-state index contributed by atoms with van der Waals surface area (Å²) in [7, 11) is 0. The van der Waals surface area contributed by atoms with Crippen LogP contribution >= 0.6 is 0 Å². The van der Waals surface area contributed by atoms with Crippen molar-refractivity contribution in [1.82, 2.24) is 4.90 Å². The number of piperidine rings is 1. The minimum Gasteiger partial charge on any atom is -0.339 e. The van der Waals surface area contributed by atoms with E-state index in [4.69, 9.17) is 5.73 Å². The molecule has 3 nitrogen and oxygen atoms in total. The third-order valence-corrected chi connectivity index (χ3v) is 4.21. The highest BCUT2D eigenvalue weighted by atomic mass is 19.4. The van der Waals surface area contributed by atoms with Gasteiger partial charge in [-0.3, -0.25) is 4.79 Å². The largest absolute Gasteiger partial charge is 0.416 e. The number of benzene rings is 1. The summed E-state index contributed by atoms with van der Waals surface area (Å²) in [5.41, 5.74) is 5.32. The molecule has 1 aromatic carbocycles. The smallest absolute Gasteiger partial charge is 0.339 e. The van der Waals surface area contributed by atoms with E-state index in [1.165, 1.54) is 12.1 Å². The van der Waals surface area contributed by atoms with Crippen LogP contribution in [0, 0.1) is 5.41 Å². The number of nitrogens with zero attached hydrogens (tertiary/aromatic N) is 1. The van der Waals surface area contributed by atoms with Crippen molar-refractivity contribution in [2.24, 2.45) is 11.1 Å². The molecular weight excluding hydrogens is 281 g/mol. The molecule has 1 fully saturated rings. The van der Waals surface area contributed by atoms with Crippen LogP contribution in [0.4, 0.5) is 13.2 Å². The van der Waals surface area contributed by atoms with E-state index >= 15 is 0 Å². The summed E-state index contributed by atoms with van der Waals surface area (Å²) >= 11 is 0. The van der Waals surface area contributed by atoms with Crippen LogP contribution < -0.4 is 5.73 Å². The van der Waals surface area contributed by atoms with Gasteiger partial charge in [0.2, 0.25) is 0 Å². The molecule has 1 saturated heterocycles. The molecular formula is C15H19F3N2O. The van der Waals surface area contributed by atoms with Gasteiger partial charge in [-0.2, -0.15) is 13.2 Å². The number of halogens is 3. The molecule has 1 heterocycles. The van der Waals surface area contributed by atoms with Crippen molar-refractivity contribution >= 4 is 5.91 Å². The van der Waals surface area contributed by atoms with Gasteiger partial charge < -0.3 is 10.6 Å². The Kier molecular flexibility index (Phi) is 4.27. The molecule has 1 amide bonds. The van der Waals surface area contributed by atoms with Crippen LogP contribution in [-0.2, 0) is 6.18 Å². The Labute approximate surface area is 121 Å². The Balaban J connectivity index is 2.04. The number of nitrogens with two attached hydrogens (primary N) is 1. The van der Waals surface area contributed by atoms with Gasteiger partial charge in [-0.05, 0) is 49.1 Å². The lowest BCUT2D eigenvalue weighted by Crippen LogP contribution is -2.44. The molecule has 0 spiro atoms. The van der Waals surface area contributed by atoms with Gasteiger partial charge in [0.25, 0.3) is 5.91 Å². The summed E-state index contributed by atoms with van der Waals surface area (Å²) in [5.74, 6) is -0.220. The molecule has 1 aromatic rings. The summed E-state index contributed by atoms with van der Waals surface area (Å²) in [4.78, 5) is 14.0. The van der Waals surface area contributed by atoms with Gasteiger partial charge in [-0.1, -0.05) is 6.92 Å². The maximum absolute atomic E-state index is 12.5. The zero-order chi connectivity index (χ0) is 15.7. The van der Waals surface area contributed by atoms with Gasteiger partial charge >= 0.3 is 6.18 Å². The predicted octanol–water partition coefficient (Wildman–Crippen LogP) is 2.91. The van der Waals surface area contributed by atoms with Crippen LogP contribution in [0.1, 0.15) is 35.7 Å². The number of carbonyl (C=O) groups is 1. The summed E-state index contributed by atoms with van der Waals surface area (Å²) in [6.07, 6.45) is -2.75. The van der Waals surface area contributed by atoms with E-state index in [2.05, 4.69) is 6.92 Å². The molecule has 2 rings (SSSR count). The van der Waals surface area contributed by atoms with Crippen molar-refractivity contribution in [2.75, 3.05) is 19.6 Å². The molecule has 0 aliphatic carbocycles. The van der Waals surface area contributed by atoms with Gasteiger partial charge in [-0.25, -0.2) is 0 Å². The maximum Gasteiger partial charge on any atom is 0.416 e. The first-order chi connectivity index (χ1) is 9.75. The number of hydrogen-bond acceptors (Lipinski definition) is 2. The first-order valence-corrected chi connectivity index (χ1v) is 6.92. The fourth-order valence-corrected chi connectivity index (χ4v) is 2.44. The second kappa shape index (κ2) is 5.67. The second-order valence-electron chi connectivity index (χ2n) is 5.88. The molecule has 1 aliphatic rings. The fraction of sp³-hybridized carbons (Fsp3) is 0.533. The average Bonchev–Trinajstić information content (AvgIpc) is 2.47. The molecule has 116 valence electrons. The summed E-state index contributed by atoms with van der Waals surface area (Å²) in [6.45, 7) is 3.85. The Morgan fingerprint density at radius 2 is 1.76 bits per heavy atom. The molecule has 0 saturated carbocycles. The lowest BCUT2D eigenvalue weighted by Gasteiger charge is -2.38. The summed E-state index contributed by atoms with van der Waals surface area (Å²) in [5, 5.41) is 0. The number of hydrogen-bond donors (Lipinski definition) is 1. The lowest BCUT2D eigenvalue weighted by atomic mass is 9.80. The number of rotatable bonds is 2. The first kappa shape index (κ1) is 15.8. The molecule has 0 atom stereocenters. The van der Waals surface area contributed by atoms with Crippen LogP contribution in [0.15, 0.2) is 24.3 Å². The van der Waals surface area contributed by atoms with E-state index in [0.717, 1.165) is 25.0 Å². The molecule has 0 radical (unpaired) electrons. The third-order valence-electron chi connectivity index (χ3n) is 4.21. The minimum absolute atomic E-state index is 0.0525. The van der Waals surface area contributed by atoms with E-state index in [1.54, 1.807) is 4.90 Å². The molecule has 21 heavy (non-hydrogen) atoms. The van der Waals surface area contributed by atoms with Crippen molar-refractivity contribution in [2.45, 2.75) is 25.9 Å². The molecule has 0 aromatic heterocycles. The second-order valence-corrected chi connectivity index (χ2v) is 5.88. The molecule has 6 heteroatoms. The topological polar surface area (TPSA) is 46.3 Å². The van der Waals surface area contributed by atoms with Crippen molar-refractivity contribution in [3.05, 3.63) is 35.4 Å². The molecule has 2 N–H and O–H groups in total. The van der Waals surface area contributed by atoms with E-state index in [-0.39, 0.29) is 11.3 Å². The number of amides is 1. The Morgan fingerprint density at radius 3 is 2.19 bits per heavy atom. The highest BCUT2D eigenvalue weighted by molar-refractivity contribution is 5.94. The number of carbonyl (C=O) groups excluding carboxylic acids is 1. The van der Waals surface area contributed by atoms with Crippen LogP contribution in [0.25, 0.3) is 0 Å². The maximum atomic E-state index is 12.5. The van der Waals surface area contributed by atoms with Gasteiger partial charge in [0, 0.05) is 18.7 Å². The predicted molar refractivity (Wildman–Crippen MR) is 73.7 cm³/mol. The van der Waals surface area contributed by atoms with E-state index < -0.39 is 11.7 Å². The van der Waals surface area contributed by atoms with Crippen molar-refractivity contribution in [3.63, 3.8) is 0 Å².